The third-order valence-electron chi connectivity index (χ3n) is 6.91. The van der Waals surface area contributed by atoms with Crippen LogP contribution in [0.25, 0.3) is 33.5 Å². The number of aromatic nitrogens is 5. The highest BCUT2D eigenvalue weighted by molar-refractivity contribution is 5.94. The minimum atomic E-state index is -0.683. The van der Waals surface area contributed by atoms with E-state index in [4.69, 9.17) is 10.8 Å². The van der Waals surface area contributed by atoms with Gasteiger partial charge in [0.15, 0.2) is 5.82 Å². The number of aliphatic carboxylic acids is 1. The quantitative estimate of drug-likeness (QED) is 0.384. The fourth-order valence-corrected chi connectivity index (χ4v) is 5.19. The van der Waals surface area contributed by atoms with Gasteiger partial charge in [0, 0.05) is 47.2 Å². The number of carboxylic acid groups (broad SMARTS) is 1. The molecule has 35 heavy (non-hydrogen) atoms. The van der Waals surface area contributed by atoms with E-state index in [0.29, 0.717) is 28.1 Å². The molecule has 0 saturated heterocycles. The number of carboxylic acids is 1. The number of halogens is 2. The number of rotatable bonds is 3. The maximum atomic E-state index is 13.8. The Balaban J connectivity index is 0.000000192. The highest BCUT2D eigenvalue weighted by Gasteiger charge is 2.39. The van der Waals surface area contributed by atoms with E-state index in [1.165, 1.54) is 44.3 Å². The molecule has 3 aliphatic carbocycles. The van der Waals surface area contributed by atoms with Crippen LogP contribution in [-0.2, 0) is 4.79 Å². The van der Waals surface area contributed by atoms with Crippen molar-refractivity contribution < 1.29 is 18.7 Å². The van der Waals surface area contributed by atoms with E-state index in [1.54, 1.807) is 18.5 Å². The number of carbonyl (C=O) groups is 1. The van der Waals surface area contributed by atoms with E-state index in [1.807, 2.05) is 0 Å². The summed E-state index contributed by atoms with van der Waals surface area (Å²) in [5, 5.41) is 9.20. The standard InChI is InChI=1S/C16H10F2N6.C9H14O2/c17-9-1-10-11(6-22-15(10)12(18)2-9)16-23-13(3-14(19)24-16)8-4-20-7-21-5-8;10-9(11)8-5-6-1-3-7(8)4-2-6/h1-7,22H,(H2,19,23,24);6-8H,1-5H2,(H,10,11). The van der Waals surface area contributed by atoms with Gasteiger partial charge in [0.25, 0.3) is 0 Å². The Hall–Kier alpha value is -3.95. The minimum Gasteiger partial charge on any atom is -0.481 e. The summed E-state index contributed by atoms with van der Waals surface area (Å²) in [7, 11) is 0. The maximum Gasteiger partial charge on any atom is 0.306 e. The summed E-state index contributed by atoms with van der Waals surface area (Å²) in [5.74, 6) is -0.186. The van der Waals surface area contributed by atoms with Crippen molar-refractivity contribution in [1.29, 1.82) is 0 Å². The Bertz CT molecular complexity index is 1370. The number of hydrogen-bond acceptors (Lipinski definition) is 6. The van der Waals surface area contributed by atoms with Gasteiger partial charge < -0.3 is 15.8 Å². The lowest BCUT2D eigenvalue weighted by atomic mass is 9.65. The topological polar surface area (TPSA) is 131 Å². The van der Waals surface area contributed by atoms with E-state index in [-0.39, 0.29) is 23.1 Å². The summed E-state index contributed by atoms with van der Waals surface area (Å²) in [4.78, 5) is 30.0. The zero-order chi connectivity index (χ0) is 24.5. The van der Waals surface area contributed by atoms with Crippen molar-refractivity contribution in [3.8, 4) is 22.6 Å². The maximum absolute atomic E-state index is 13.8. The van der Waals surface area contributed by atoms with Crippen LogP contribution in [0, 0.1) is 29.4 Å². The number of H-pyrrole nitrogens is 1. The molecule has 8 nitrogen and oxygen atoms in total. The van der Waals surface area contributed by atoms with Crippen LogP contribution in [-0.4, -0.2) is 36.0 Å². The molecule has 3 aromatic heterocycles. The third kappa shape index (κ3) is 4.68. The van der Waals surface area contributed by atoms with Crippen molar-refractivity contribution in [3.05, 3.63) is 54.8 Å². The van der Waals surface area contributed by atoms with Gasteiger partial charge in [0.1, 0.15) is 23.8 Å². The number of hydrogen-bond donors (Lipinski definition) is 3. The largest absolute Gasteiger partial charge is 0.481 e. The zero-order valence-corrected chi connectivity index (χ0v) is 18.8. The Kier molecular flexibility index (Phi) is 6.10. The monoisotopic (exact) mass is 478 g/mol. The molecule has 10 heteroatoms. The average molecular weight is 479 g/mol. The number of nitrogens with zero attached hydrogens (tertiary/aromatic N) is 4. The third-order valence-corrected chi connectivity index (χ3v) is 6.91. The molecule has 3 saturated carbocycles. The molecule has 180 valence electrons. The normalized spacial score (nSPS) is 20.9. The summed E-state index contributed by atoms with van der Waals surface area (Å²) in [6, 6.07) is 3.62. The SMILES string of the molecule is Nc1cc(-c2cncnc2)nc(-c2c[nH]c3c(F)cc(F)cc23)n1.O=C(O)C1CC2CCC1CC2. The summed E-state index contributed by atoms with van der Waals surface area (Å²) >= 11 is 0. The predicted molar refractivity (Wildman–Crippen MR) is 126 cm³/mol. The summed E-state index contributed by atoms with van der Waals surface area (Å²) in [6.45, 7) is 0. The van der Waals surface area contributed by atoms with E-state index < -0.39 is 17.6 Å². The van der Waals surface area contributed by atoms with Gasteiger partial charge in [-0.15, -0.1) is 0 Å². The molecule has 0 radical (unpaired) electrons. The Morgan fingerprint density at radius 1 is 1.06 bits per heavy atom. The second kappa shape index (κ2) is 9.36. The average Bonchev–Trinajstić information content (AvgIpc) is 3.29. The molecule has 1 aromatic carbocycles. The smallest absolute Gasteiger partial charge is 0.306 e. The molecule has 3 fully saturated rings. The number of nitrogens with one attached hydrogen (secondary N) is 1. The molecule has 3 heterocycles. The molecule has 2 bridgehead atoms. The van der Waals surface area contributed by atoms with Crippen LogP contribution in [0.3, 0.4) is 0 Å². The van der Waals surface area contributed by atoms with Crippen LogP contribution in [0.2, 0.25) is 0 Å². The van der Waals surface area contributed by atoms with Crippen LogP contribution in [0.15, 0.2) is 43.1 Å². The van der Waals surface area contributed by atoms with Crippen LogP contribution >= 0.6 is 0 Å². The molecule has 7 rings (SSSR count). The second-order valence-electron chi connectivity index (χ2n) is 9.10. The second-order valence-corrected chi connectivity index (χ2v) is 9.10. The van der Waals surface area contributed by atoms with Crippen molar-refractivity contribution in [2.24, 2.45) is 17.8 Å². The number of nitrogen functional groups attached to an aromatic ring is 1. The first kappa shape index (κ1) is 22.8. The van der Waals surface area contributed by atoms with Crippen LogP contribution < -0.4 is 5.73 Å². The van der Waals surface area contributed by atoms with E-state index >= 15 is 0 Å². The van der Waals surface area contributed by atoms with E-state index in [2.05, 4.69) is 24.9 Å². The lowest BCUT2D eigenvalue weighted by Gasteiger charge is -2.40. The predicted octanol–water partition coefficient (Wildman–Crippen LogP) is 4.84. The number of fused-ring (bicyclic) bond motifs is 4. The molecular formula is C25H24F2N6O2. The first-order chi connectivity index (χ1) is 16.9. The van der Waals surface area contributed by atoms with E-state index in [9.17, 15) is 13.6 Å². The molecule has 1 unspecified atom stereocenters. The summed E-state index contributed by atoms with van der Waals surface area (Å²) in [5.41, 5.74) is 7.67. The molecule has 0 spiro atoms. The molecule has 4 N–H and O–H groups in total. The lowest BCUT2D eigenvalue weighted by Crippen LogP contribution is -2.35. The van der Waals surface area contributed by atoms with Gasteiger partial charge >= 0.3 is 5.97 Å². The highest BCUT2D eigenvalue weighted by atomic mass is 19.1. The summed E-state index contributed by atoms with van der Waals surface area (Å²) in [6.07, 6.45) is 12.0. The summed E-state index contributed by atoms with van der Waals surface area (Å²) < 4.78 is 27.4. The number of aromatic amines is 1. The first-order valence-electron chi connectivity index (χ1n) is 11.5. The van der Waals surface area contributed by atoms with Gasteiger partial charge in [0.2, 0.25) is 0 Å². The van der Waals surface area contributed by atoms with Crippen molar-refractivity contribution in [1.82, 2.24) is 24.9 Å². The Labute approximate surface area is 199 Å². The van der Waals surface area contributed by atoms with Gasteiger partial charge in [-0.3, -0.25) is 4.79 Å². The molecule has 0 aliphatic heterocycles. The lowest BCUT2D eigenvalue weighted by molar-refractivity contribution is -0.147. The first-order valence-corrected chi connectivity index (χ1v) is 11.5. The molecule has 0 amide bonds. The van der Waals surface area contributed by atoms with Gasteiger partial charge in [0.05, 0.1) is 17.1 Å². The zero-order valence-electron chi connectivity index (χ0n) is 18.8. The van der Waals surface area contributed by atoms with Crippen LogP contribution in [0.1, 0.15) is 32.1 Å². The van der Waals surface area contributed by atoms with Crippen molar-refractivity contribution in [3.63, 3.8) is 0 Å². The number of anilines is 1. The number of benzene rings is 1. The van der Waals surface area contributed by atoms with Gasteiger partial charge in [-0.05, 0) is 37.2 Å². The fourth-order valence-electron chi connectivity index (χ4n) is 5.19. The van der Waals surface area contributed by atoms with Gasteiger partial charge in [-0.25, -0.2) is 28.7 Å². The Morgan fingerprint density at radius 3 is 2.43 bits per heavy atom. The number of nitrogens with two attached hydrogens (primary N) is 1. The molecular weight excluding hydrogens is 454 g/mol. The van der Waals surface area contributed by atoms with Crippen molar-refractivity contribution in [2.75, 3.05) is 5.73 Å². The van der Waals surface area contributed by atoms with E-state index in [0.717, 1.165) is 18.4 Å². The van der Waals surface area contributed by atoms with Crippen LogP contribution in [0.4, 0.5) is 14.6 Å². The van der Waals surface area contributed by atoms with Gasteiger partial charge in [-0.2, -0.15) is 0 Å². The highest BCUT2D eigenvalue weighted by Crippen LogP contribution is 2.44. The van der Waals surface area contributed by atoms with Gasteiger partial charge in [-0.1, -0.05) is 12.8 Å². The molecule has 4 aromatic rings. The molecule has 1 atom stereocenters. The van der Waals surface area contributed by atoms with Crippen LogP contribution in [0.5, 0.6) is 0 Å². The van der Waals surface area contributed by atoms with Crippen molar-refractivity contribution >= 4 is 22.7 Å². The fraction of sp³-hybridized carbons (Fsp3) is 0.320. The van der Waals surface area contributed by atoms with Crippen molar-refractivity contribution in [2.45, 2.75) is 32.1 Å². The molecule has 3 aliphatic rings. The Morgan fingerprint density at radius 2 is 1.80 bits per heavy atom. The minimum absolute atomic E-state index is 0.00231.